The monoisotopic (exact) mass is 217 g/mol. The molecule has 0 amide bonds. The molecule has 0 heterocycles. The van der Waals surface area contributed by atoms with Crippen LogP contribution >= 0.6 is 0 Å². The number of hydrogen-bond donors (Lipinski definition) is 2. The number of phenols is 1. The molecular weight excluding hydrogens is 207 g/mol. The molecule has 82 valence electrons. The molecule has 1 fully saturated rings. The largest absolute Gasteiger partial charge is 0.505 e. The molecule has 0 atom stereocenters. The summed E-state index contributed by atoms with van der Waals surface area (Å²) >= 11 is 0. The Labute approximate surface area is 84.5 Å². The summed E-state index contributed by atoms with van der Waals surface area (Å²) in [6, 6.07) is 3.77. The van der Waals surface area contributed by atoms with Crippen LogP contribution < -0.4 is 5.73 Å². The molecule has 2 nitrogen and oxygen atoms in total. The van der Waals surface area contributed by atoms with Crippen LogP contribution in [0.25, 0.3) is 0 Å². The summed E-state index contributed by atoms with van der Waals surface area (Å²) < 4.78 is 38.4. The predicted octanol–water partition coefficient (Wildman–Crippen LogP) is 2.11. The lowest BCUT2D eigenvalue weighted by molar-refractivity contribution is -0.125. The third kappa shape index (κ3) is 1.56. The second kappa shape index (κ2) is 2.88. The van der Waals surface area contributed by atoms with Crippen molar-refractivity contribution in [2.75, 3.05) is 0 Å². The molecule has 1 aliphatic carbocycles. The summed E-state index contributed by atoms with van der Waals surface area (Å²) in [6.07, 6.45) is -1.12. The van der Waals surface area contributed by atoms with Gasteiger partial charge in [-0.2, -0.15) is 0 Å². The van der Waals surface area contributed by atoms with Crippen molar-refractivity contribution in [1.82, 2.24) is 0 Å². The zero-order chi connectivity index (χ0) is 11.3. The Balaban J connectivity index is 2.36. The highest BCUT2D eigenvalue weighted by atomic mass is 19.3. The van der Waals surface area contributed by atoms with Crippen molar-refractivity contribution >= 4 is 0 Å². The summed E-state index contributed by atoms with van der Waals surface area (Å²) in [5, 5.41) is 9.37. The first-order chi connectivity index (χ1) is 6.84. The molecule has 0 aromatic heterocycles. The molecule has 0 unspecified atom stereocenters. The second-order valence-corrected chi connectivity index (χ2v) is 4.00. The topological polar surface area (TPSA) is 46.2 Å². The molecular formula is C10H10F3NO. The molecule has 1 saturated carbocycles. The summed E-state index contributed by atoms with van der Waals surface area (Å²) in [5.74, 6) is -4.28. The Bertz CT molecular complexity index is 398. The van der Waals surface area contributed by atoms with E-state index in [0.29, 0.717) is 0 Å². The molecule has 3 N–H and O–H groups in total. The van der Waals surface area contributed by atoms with Crippen LogP contribution in [-0.2, 0) is 5.54 Å². The molecule has 0 bridgehead atoms. The third-order valence-corrected chi connectivity index (χ3v) is 2.67. The van der Waals surface area contributed by atoms with E-state index < -0.39 is 35.9 Å². The van der Waals surface area contributed by atoms with Gasteiger partial charge in [0.05, 0.1) is 5.54 Å². The SMILES string of the molecule is NC1(c2cccc(F)c2O)CC(F)(F)C1. The number of phenolic OH excluding ortho intramolecular Hbond substituents is 1. The van der Waals surface area contributed by atoms with E-state index in [-0.39, 0.29) is 5.56 Å². The zero-order valence-electron chi connectivity index (χ0n) is 7.80. The number of rotatable bonds is 1. The molecule has 1 aromatic rings. The van der Waals surface area contributed by atoms with Gasteiger partial charge < -0.3 is 10.8 Å². The normalized spacial score (nSPS) is 22.1. The van der Waals surface area contributed by atoms with Gasteiger partial charge in [0.15, 0.2) is 11.6 Å². The van der Waals surface area contributed by atoms with E-state index in [1.54, 1.807) is 0 Å². The Morgan fingerprint density at radius 2 is 1.87 bits per heavy atom. The van der Waals surface area contributed by atoms with Crippen molar-refractivity contribution in [3.63, 3.8) is 0 Å². The quantitative estimate of drug-likeness (QED) is 0.756. The minimum atomic E-state index is -2.81. The maximum atomic E-state index is 13.0. The molecule has 0 aliphatic heterocycles. The number of halogens is 3. The highest BCUT2D eigenvalue weighted by Crippen LogP contribution is 2.51. The Morgan fingerprint density at radius 3 is 2.40 bits per heavy atom. The number of para-hydroxylation sites is 1. The summed E-state index contributed by atoms with van der Waals surface area (Å²) in [4.78, 5) is 0. The minimum Gasteiger partial charge on any atom is -0.505 e. The summed E-state index contributed by atoms with van der Waals surface area (Å²) in [7, 11) is 0. The van der Waals surface area contributed by atoms with Gasteiger partial charge in [0.2, 0.25) is 0 Å². The smallest absolute Gasteiger partial charge is 0.252 e. The van der Waals surface area contributed by atoms with Crippen LogP contribution in [0.1, 0.15) is 18.4 Å². The van der Waals surface area contributed by atoms with Gasteiger partial charge in [0.25, 0.3) is 5.92 Å². The predicted molar refractivity (Wildman–Crippen MR) is 48.1 cm³/mol. The molecule has 1 aromatic carbocycles. The van der Waals surface area contributed by atoms with Gasteiger partial charge in [-0.05, 0) is 6.07 Å². The number of nitrogens with two attached hydrogens (primary N) is 1. The van der Waals surface area contributed by atoms with Gasteiger partial charge in [0.1, 0.15) is 0 Å². The number of aromatic hydroxyl groups is 1. The van der Waals surface area contributed by atoms with Crippen molar-refractivity contribution < 1.29 is 18.3 Å². The molecule has 1 aliphatic rings. The molecule has 0 spiro atoms. The fourth-order valence-corrected chi connectivity index (χ4v) is 1.98. The van der Waals surface area contributed by atoms with Gasteiger partial charge >= 0.3 is 0 Å². The average molecular weight is 217 g/mol. The Hall–Kier alpha value is -1.23. The Kier molecular flexibility index (Phi) is 1.98. The van der Waals surface area contributed by atoms with Gasteiger partial charge in [-0.25, -0.2) is 13.2 Å². The van der Waals surface area contributed by atoms with E-state index in [2.05, 4.69) is 0 Å². The lowest BCUT2D eigenvalue weighted by atomic mass is 9.69. The highest BCUT2D eigenvalue weighted by Gasteiger charge is 2.56. The molecule has 0 saturated heterocycles. The maximum Gasteiger partial charge on any atom is 0.252 e. The first-order valence-electron chi connectivity index (χ1n) is 4.49. The second-order valence-electron chi connectivity index (χ2n) is 4.00. The van der Waals surface area contributed by atoms with Crippen LogP contribution in [0.4, 0.5) is 13.2 Å². The van der Waals surface area contributed by atoms with E-state index in [1.807, 2.05) is 0 Å². The number of alkyl halides is 2. The molecule has 15 heavy (non-hydrogen) atoms. The van der Waals surface area contributed by atoms with Crippen LogP contribution in [0.5, 0.6) is 5.75 Å². The van der Waals surface area contributed by atoms with Crippen molar-refractivity contribution in [2.24, 2.45) is 5.73 Å². The Morgan fingerprint density at radius 1 is 1.27 bits per heavy atom. The van der Waals surface area contributed by atoms with E-state index in [0.717, 1.165) is 6.07 Å². The molecule has 2 rings (SSSR count). The van der Waals surface area contributed by atoms with E-state index in [4.69, 9.17) is 5.73 Å². The molecule has 5 heteroatoms. The van der Waals surface area contributed by atoms with Gasteiger partial charge in [-0.1, -0.05) is 12.1 Å². The molecule has 0 radical (unpaired) electrons. The number of hydrogen-bond acceptors (Lipinski definition) is 2. The first-order valence-corrected chi connectivity index (χ1v) is 4.49. The first kappa shape index (κ1) is 10.3. The fraction of sp³-hybridized carbons (Fsp3) is 0.400. The lowest BCUT2D eigenvalue weighted by Gasteiger charge is -2.44. The van der Waals surface area contributed by atoms with Crippen LogP contribution in [0.15, 0.2) is 18.2 Å². The van der Waals surface area contributed by atoms with Crippen molar-refractivity contribution in [3.8, 4) is 5.75 Å². The van der Waals surface area contributed by atoms with Crippen molar-refractivity contribution in [2.45, 2.75) is 24.3 Å². The van der Waals surface area contributed by atoms with Crippen LogP contribution in [0, 0.1) is 5.82 Å². The van der Waals surface area contributed by atoms with E-state index in [9.17, 15) is 18.3 Å². The van der Waals surface area contributed by atoms with Crippen molar-refractivity contribution in [3.05, 3.63) is 29.6 Å². The van der Waals surface area contributed by atoms with E-state index >= 15 is 0 Å². The number of benzene rings is 1. The van der Waals surface area contributed by atoms with Crippen molar-refractivity contribution in [1.29, 1.82) is 0 Å². The van der Waals surface area contributed by atoms with Crippen LogP contribution in [-0.4, -0.2) is 11.0 Å². The average Bonchev–Trinajstić information content (AvgIpc) is 2.05. The highest BCUT2D eigenvalue weighted by molar-refractivity contribution is 5.41. The standard InChI is InChI=1S/C10H10F3NO/c11-7-3-1-2-6(8(7)15)9(14)4-10(12,13)5-9/h1-3,15H,4-5,14H2. The fourth-order valence-electron chi connectivity index (χ4n) is 1.98. The summed E-state index contributed by atoms with van der Waals surface area (Å²) in [6.45, 7) is 0. The minimum absolute atomic E-state index is 0.0495. The van der Waals surface area contributed by atoms with Gasteiger partial charge in [-0.15, -0.1) is 0 Å². The van der Waals surface area contributed by atoms with Gasteiger partial charge in [0, 0.05) is 18.4 Å². The van der Waals surface area contributed by atoms with E-state index in [1.165, 1.54) is 12.1 Å². The summed E-state index contributed by atoms with van der Waals surface area (Å²) in [5.41, 5.74) is 4.40. The van der Waals surface area contributed by atoms with Crippen LogP contribution in [0.3, 0.4) is 0 Å². The van der Waals surface area contributed by atoms with Gasteiger partial charge in [-0.3, -0.25) is 0 Å². The maximum absolute atomic E-state index is 13.0. The third-order valence-electron chi connectivity index (χ3n) is 2.67. The zero-order valence-corrected chi connectivity index (χ0v) is 7.80. The van der Waals surface area contributed by atoms with Crippen LogP contribution in [0.2, 0.25) is 0 Å². The lowest BCUT2D eigenvalue weighted by Crippen LogP contribution is -2.55.